The lowest BCUT2D eigenvalue weighted by Crippen LogP contribution is -2.48. The number of carboxylic acid groups (broad SMARTS) is 1. The van der Waals surface area contributed by atoms with Crippen LogP contribution in [-0.2, 0) is 16.0 Å². The topological polar surface area (TPSA) is 69.6 Å². The van der Waals surface area contributed by atoms with Gasteiger partial charge in [0.15, 0.2) is 0 Å². The fourth-order valence-electron chi connectivity index (χ4n) is 2.62. The van der Waals surface area contributed by atoms with Crippen molar-refractivity contribution in [3.8, 4) is 0 Å². The molecule has 1 aromatic carbocycles. The first-order valence-electron chi connectivity index (χ1n) is 8.16. The number of nitrogens with one attached hydrogen (secondary N) is 1. The molecule has 0 heterocycles. The highest BCUT2D eigenvalue weighted by atomic mass is 16.4. The molecule has 0 aliphatic heterocycles. The van der Waals surface area contributed by atoms with Gasteiger partial charge in [-0.2, -0.15) is 0 Å². The van der Waals surface area contributed by atoms with Crippen LogP contribution in [-0.4, -0.2) is 48.1 Å². The van der Waals surface area contributed by atoms with Gasteiger partial charge in [0.1, 0.15) is 0 Å². The summed E-state index contributed by atoms with van der Waals surface area (Å²) in [6.07, 6.45) is 2.84. The molecule has 5 nitrogen and oxygen atoms in total. The minimum Gasteiger partial charge on any atom is -0.481 e. The maximum Gasteiger partial charge on any atom is 0.303 e. The zero-order valence-corrected chi connectivity index (χ0v) is 14.3. The molecule has 0 radical (unpaired) electrons. The zero-order valence-electron chi connectivity index (χ0n) is 14.3. The smallest absolute Gasteiger partial charge is 0.303 e. The predicted molar refractivity (Wildman–Crippen MR) is 91.3 cm³/mol. The number of benzene rings is 1. The van der Waals surface area contributed by atoms with Crippen molar-refractivity contribution in [3.05, 3.63) is 35.9 Å². The van der Waals surface area contributed by atoms with Gasteiger partial charge >= 0.3 is 5.97 Å². The molecular formula is C18H28N2O3. The SMILES string of the molecule is CCCC(C(=O)NC(CCC(=O)O)Cc1ccccc1)N(C)C. The molecule has 0 fully saturated rings. The molecule has 2 atom stereocenters. The van der Waals surface area contributed by atoms with Gasteiger partial charge in [-0.25, -0.2) is 0 Å². The van der Waals surface area contributed by atoms with Crippen molar-refractivity contribution in [2.24, 2.45) is 0 Å². The lowest BCUT2D eigenvalue weighted by Gasteiger charge is -2.26. The number of hydrogen-bond acceptors (Lipinski definition) is 3. The molecule has 1 rings (SSSR count). The van der Waals surface area contributed by atoms with Gasteiger partial charge < -0.3 is 10.4 Å². The van der Waals surface area contributed by atoms with E-state index in [0.717, 1.165) is 18.4 Å². The largest absolute Gasteiger partial charge is 0.481 e. The second-order valence-electron chi connectivity index (χ2n) is 6.10. The van der Waals surface area contributed by atoms with Gasteiger partial charge in [-0.3, -0.25) is 14.5 Å². The van der Waals surface area contributed by atoms with E-state index in [-0.39, 0.29) is 24.4 Å². The number of hydrogen-bond donors (Lipinski definition) is 2. The van der Waals surface area contributed by atoms with Crippen molar-refractivity contribution < 1.29 is 14.7 Å². The molecule has 2 unspecified atom stereocenters. The quantitative estimate of drug-likeness (QED) is 0.694. The number of likely N-dealkylation sites (N-methyl/N-ethyl adjacent to an activating group) is 1. The van der Waals surface area contributed by atoms with Crippen molar-refractivity contribution >= 4 is 11.9 Å². The van der Waals surface area contributed by atoms with Crippen LogP contribution in [0, 0.1) is 0 Å². The van der Waals surface area contributed by atoms with Gasteiger partial charge in [0.25, 0.3) is 0 Å². The first kappa shape index (κ1) is 19.2. The van der Waals surface area contributed by atoms with E-state index in [2.05, 4.69) is 12.2 Å². The zero-order chi connectivity index (χ0) is 17.2. The number of carbonyl (C=O) groups excluding carboxylic acids is 1. The van der Waals surface area contributed by atoms with E-state index < -0.39 is 5.97 Å². The van der Waals surface area contributed by atoms with Crippen molar-refractivity contribution in [2.75, 3.05) is 14.1 Å². The van der Waals surface area contributed by atoms with Crippen molar-refractivity contribution in [3.63, 3.8) is 0 Å². The molecule has 0 saturated carbocycles. The van der Waals surface area contributed by atoms with Crippen LogP contribution >= 0.6 is 0 Å². The van der Waals surface area contributed by atoms with E-state index in [4.69, 9.17) is 5.11 Å². The highest BCUT2D eigenvalue weighted by Gasteiger charge is 2.23. The Hall–Kier alpha value is -1.88. The average Bonchev–Trinajstić information content (AvgIpc) is 2.50. The Morgan fingerprint density at radius 3 is 2.35 bits per heavy atom. The van der Waals surface area contributed by atoms with Crippen molar-refractivity contribution in [1.82, 2.24) is 10.2 Å². The van der Waals surface area contributed by atoms with Crippen LogP contribution in [0.25, 0.3) is 0 Å². The Kier molecular flexibility index (Phi) is 8.33. The maximum atomic E-state index is 12.5. The first-order chi connectivity index (χ1) is 10.9. The van der Waals surface area contributed by atoms with Gasteiger partial charge in [0.2, 0.25) is 5.91 Å². The van der Waals surface area contributed by atoms with Crippen LogP contribution in [0.2, 0.25) is 0 Å². The summed E-state index contributed by atoms with van der Waals surface area (Å²) >= 11 is 0. The molecule has 23 heavy (non-hydrogen) atoms. The minimum absolute atomic E-state index is 0.0248. The molecule has 0 saturated heterocycles. The van der Waals surface area contributed by atoms with Gasteiger partial charge in [0, 0.05) is 12.5 Å². The monoisotopic (exact) mass is 320 g/mol. The summed E-state index contributed by atoms with van der Waals surface area (Å²) in [7, 11) is 3.78. The second-order valence-corrected chi connectivity index (χ2v) is 6.10. The summed E-state index contributed by atoms with van der Waals surface area (Å²) in [5.74, 6) is -0.863. The third-order valence-corrected chi connectivity index (χ3v) is 3.87. The molecule has 0 bridgehead atoms. The number of nitrogens with zero attached hydrogens (tertiary/aromatic N) is 1. The van der Waals surface area contributed by atoms with E-state index in [0.29, 0.717) is 12.8 Å². The molecule has 2 N–H and O–H groups in total. The van der Waals surface area contributed by atoms with Gasteiger partial charge in [-0.1, -0.05) is 43.7 Å². The normalized spacial score (nSPS) is 13.6. The molecule has 0 spiro atoms. The molecule has 1 amide bonds. The Morgan fingerprint density at radius 1 is 1.17 bits per heavy atom. The van der Waals surface area contributed by atoms with E-state index in [1.807, 2.05) is 49.3 Å². The molecule has 1 aromatic rings. The second kappa shape index (κ2) is 10.0. The predicted octanol–water partition coefficient (Wildman–Crippen LogP) is 2.31. The first-order valence-corrected chi connectivity index (χ1v) is 8.16. The van der Waals surface area contributed by atoms with E-state index in [1.165, 1.54) is 0 Å². The fraction of sp³-hybridized carbons (Fsp3) is 0.556. The lowest BCUT2D eigenvalue weighted by atomic mass is 10.0. The third-order valence-electron chi connectivity index (χ3n) is 3.87. The Morgan fingerprint density at radius 2 is 1.83 bits per heavy atom. The summed E-state index contributed by atoms with van der Waals surface area (Å²) < 4.78 is 0. The Bertz CT molecular complexity index is 488. The highest BCUT2D eigenvalue weighted by Crippen LogP contribution is 2.10. The lowest BCUT2D eigenvalue weighted by molar-refractivity contribution is -0.137. The molecule has 128 valence electrons. The van der Waals surface area contributed by atoms with Crippen molar-refractivity contribution in [2.45, 2.75) is 51.1 Å². The van der Waals surface area contributed by atoms with Crippen LogP contribution < -0.4 is 5.32 Å². The van der Waals surface area contributed by atoms with Crippen LogP contribution in [0.1, 0.15) is 38.2 Å². The van der Waals surface area contributed by atoms with E-state index in [9.17, 15) is 9.59 Å². The number of amides is 1. The molecular weight excluding hydrogens is 292 g/mol. The number of rotatable bonds is 10. The molecule has 0 aromatic heterocycles. The van der Waals surface area contributed by atoms with Crippen LogP contribution in [0.4, 0.5) is 0 Å². The summed E-state index contributed by atoms with van der Waals surface area (Å²) in [5, 5.41) is 12.0. The van der Waals surface area contributed by atoms with Crippen molar-refractivity contribution in [1.29, 1.82) is 0 Å². The standard InChI is InChI=1S/C18H28N2O3/c1-4-8-16(20(2)3)18(23)19-15(11-12-17(21)22)13-14-9-6-5-7-10-14/h5-7,9-10,15-16H,4,8,11-13H2,1-3H3,(H,19,23)(H,21,22). The van der Waals surface area contributed by atoms with Gasteiger partial charge in [-0.15, -0.1) is 0 Å². The minimum atomic E-state index is -0.838. The van der Waals surface area contributed by atoms with Crippen LogP contribution in [0.5, 0.6) is 0 Å². The summed E-state index contributed by atoms with van der Waals surface area (Å²) in [4.78, 5) is 25.3. The maximum absolute atomic E-state index is 12.5. The number of carbonyl (C=O) groups is 2. The third kappa shape index (κ3) is 7.28. The average molecular weight is 320 g/mol. The molecule has 5 heteroatoms. The van der Waals surface area contributed by atoms with Crippen LogP contribution in [0.15, 0.2) is 30.3 Å². The molecule has 0 aliphatic carbocycles. The van der Waals surface area contributed by atoms with Crippen LogP contribution in [0.3, 0.4) is 0 Å². The Balaban J connectivity index is 2.74. The summed E-state index contributed by atoms with van der Waals surface area (Å²) in [6.45, 7) is 2.05. The highest BCUT2D eigenvalue weighted by molar-refractivity contribution is 5.82. The number of carboxylic acids is 1. The van der Waals surface area contributed by atoms with E-state index >= 15 is 0 Å². The van der Waals surface area contributed by atoms with E-state index in [1.54, 1.807) is 0 Å². The Labute approximate surface area is 138 Å². The summed E-state index contributed by atoms with van der Waals surface area (Å²) in [5.41, 5.74) is 1.10. The van der Waals surface area contributed by atoms with Gasteiger partial charge in [0.05, 0.1) is 6.04 Å². The van der Waals surface area contributed by atoms with Gasteiger partial charge in [-0.05, 0) is 38.9 Å². The fourth-order valence-corrected chi connectivity index (χ4v) is 2.62. The molecule has 0 aliphatic rings. The number of aliphatic carboxylic acids is 1. The summed E-state index contributed by atoms with van der Waals surface area (Å²) in [6, 6.07) is 9.49.